The van der Waals surface area contributed by atoms with Gasteiger partial charge in [0.15, 0.2) is 0 Å². The number of nitrogen functional groups attached to an aromatic ring is 2. The lowest BCUT2D eigenvalue weighted by molar-refractivity contribution is -0.131. The maximum atomic E-state index is 13.0. The van der Waals surface area contributed by atoms with Crippen molar-refractivity contribution in [3.8, 4) is 0 Å². The normalized spacial score (nSPS) is 17.4. The van der Waals surface area contributed by atoms with Crippen molar-refractivity contribution in [3.05, 3.63) is 57.3 Å². The molecule has 11 heteroatoms. The SMILES string of the molecule is N=C(N)c1cccc(C[C@]2(C(=O)NCC(=O)NCc3ccc(C(=N)N)s3)CCC(=O)N2)c1. The van der Waals surface area contributed by atoms with E-state index in [1.54, 1.807) is 36.4 Å². The smallest absolute Gasteiger partial charge is 0.246 e. The first-order valence-corrected chi connectivity index (χ1v) is 10.7. The van der Waals surface area contributed by atoms with Crippen molar-refractivity contribution < 1.29 is 14.4 Å². The van der Waals surface area contributed by atoms with E-state index in [1.807, 2.05) is 0 Å². The number of rotatable bonds is 9. The predicted octanol–water partition coefficient (Wildman–Crippen LogP) is -0.0599. The topological polar surface area (TPSA) is 187 Å². The van der Waals surface area contributed by atoms with E-state index in [0.717, 1.165) is 10.4 Å². The molecule has 0 saturated carbocycles. The molecule has 168 valence electrons. The average molecular weight is 456 g/mol. The van der Waals surface area contributed by atoms with Crippen LogP contribution < -0.4 is 27.4 Å². The highest BCUT2D eigenvalue weighted by Crippen LogP contribution is 2.26. The van der Waals surface area contributed by atoms with Gasteiger partial charge in [0, 0.05) is 23.3 Å². The Kier molecular flexibility index (Phi) is 6.89. The summed E-state index contributed by atoms with van der Waals surface area (Å²) < 4.78 is 0. The molecule has 1 aromatic carbocycles. The summed E-state index contributed by atoms with van der Waals surface area (Å²) in [6.45, 7) is 0.0151. The van der Waals surface area contributed by atoms with Gasteiger partial charge in [0.2, 0.25) is 17.7 Å². The molecule has 3 amide bonds. The Morgan fingerprint density at radius 2 is 1.91 bits per heavy atom. The van der Waals surface area contributed by atoms with E-state index in [1.165, 1.54) is 11.3 Å². The minimum absolute atomic E-state index is 0.0300. The lowest BCUT2D eigenvalue weighted by Crippen LogP contribution is -2.57. The van der Waals surface area contributed by atoms with Gasteiger partial charge < -0.3 is 27.4 Å². The molecule has 2 heterocycles. The Labute approximate surface area is 188 Å². The quantitative estimate of drug-likeness (QED) is 0.206. The van der Waals surface area contributed by atoms with Gasteiger partial charge in [-0.15, -0.1) is 11.3 Å². The Balaban J connectivity index is 1.60. The van der Waals surface area contributed by atoms with Crippen molar-refractivity contribution in [1.29, 1.82) is 10.8 Å². The van der Waals surface area contributed by atoms with E-state index >= 15 is 0 Å². The molecule has 1 aliphatic rings. The van der Waals surface area contributed by atoms with E-state index in [0.29, 0.717) is 16.9 Å². The van der Waals surface area contributed by atoms with Crippen LogP contribution in [0, 0.1) is 10.8 Å². The standard InChI is InChI=1S/C21H25N7O3S/c22-18(23)13-3-1-2-12(8-13)9-21(7-6-16(29)28-21)20(31)27-11-17(30)26-10-14-4-5-15(32-14)19(24)25/h1-5,8H,6-7,9-11H2,(H3,22,23)(H3,24,25)(H,26,30)(H,27,31)(H,28,29)/t21-/m0/s1. The minimum atomic E-state index is -1.17. The zero-order chi connectivity index (χ0) is 23.3. The van der Waals surface area contributed by atoms with Gasteiger partial charge in [-0.25, -0.2) is 0 Å². The number of benzene rings is 1. The second-order valence-corrected chi connectivity index (χ2v) is 8.73. The van der Waals surface area contributed by atoms with Crippen LogP contribution in [-0.2, 0) is 27.3 Å². The molecule has 32 heavy (non-hydrogen) atoms. The zero-order valence-electron chi connectivity index (χ0n) is 17.3. The molecule has 1 aliphatic heterocycles. The van der Waals surface area contributed by atoms with E-state index in [9.17, 15) is 14.4 Å². The summed E-state index contributed by atoms with van der Waals surface area (Å²) in [4.78, 5) is 38.6. The molecule has 3 rings (SSSR count). The largest absolute Gasteiger partial charge is 0.384 e. The first-order chi connectivity index (χ1) is 15.2. The highest BCUT2D eigenvalue weighted by atomic mass is 32.1. The summed E-state index contributed by atoms with van der Waals surface area (Å²) in [5, 5.41) is 23.1. The molecule has 9 N–H and O–H groups in total. The van der Waals surface area contributed by atoms with Crippen molar-refractivity contribution in [1.82, 2.24) is 16.0 Å². The average Bonchev–Trinajstić information content (AvgIpc) is 3.38. The van der Waals surface area contributed by atoms with Crippen LogP contribution in [0.5, 0.6) is 0 Å². The number of nitrogens with one attached hydrogen (secondary N) is 5. The van der Waals surface area contributed by atoms with Crippen LogP contribution in [0.4, 0.5) is 0 Å². The Hall–Kier alpha value is -3.73. The Morgan fingerprint density at radius 3 is 2.53 bits per heavy atom. The fraction of sp³-hybridized carbons (Fsp3) is 0.286. The molecule has 0 spiro atoms. The third-order valence-electron chi connectivity index (χ3n) is 5.13. The third kappa shape index (κ3) is 5.49. The van der Waals surface area contributed by atoms with Crippen LogP contribution in [0.15, 0.2) is 36.4 Å². The second-order valence-electron chi connectivity index (χ2n) is 7.56. The van der Waals surface area contributed by atoms with Gasteiger partial charge in [-0.2, -0.15) is 0 Å². The van der Waals surface area contributed by atoms with Crippen molar-refractivity contribution >= 4 is 40.7 Å². The third-order valence-corrected chi connectivity index (χ3v) is 6.25. The Bertz CT molecular complexity index is 1080. The number of nitrogens with two attached hydrogens (primary N) is 2. The molecule has 1 atom stereocenters. The first kappa shape index (κ1) is 22.9. The van der Waals surface area contributed by atoms with Crippen molar-refractivity contribution in [2.45, 2.75) is 31.3 Å². The van der Waals surface area contributed by atoms with Crippen LogP contribution in [0.3, 0.4) is 0 Å². The van der Waals surface area contributed by atoms with E-state index in [-0.39, 0.29) is 49.4 Å². The molecule has 0 bridgehead atoms. The summed E-state index contributed by atoms with van der Waals surface area (Å²) in [7, 11) is 0. The molecule has 1 saturated heterocycles. The molecule has 0 radical (unpaired) electrons. The number of carbonyl (C=O) groups is 3. The molecule has 1 aromatic heterocycles. The molecular formula is C21H25N7O3S. The zero-order valence-corrected chi connectivity index (χ0v) is 18.1. The molecular weight excluding hydrogens is 430 g/mol. The fourth-order valence-electron chi connectivity index (χ4n) is 3.49. The summed E-state index contributed by atoms with van der Waals surface area (Å²) in [6, 6.07) is 10.4. The molecule has 10 nitrogen and oxygen atoms in total. The van der Waals surface area contributed by atoms with E-state index in [4.69, 9.17) is 22.3 Å². The number of amides is 3. The number of hydrogen-bond acceptors (Lipinski definition) is 6. The number of hydrogen-bond donors (Lipinski definition) is 7. The fourth-order valence-corrected chi connectivity index (χ4v) is 4.30. The maximum absolute atomic E-state index is 13.0. The van der Waals surface area contributed by atoms with Crippen LogP contribution in [0.2, 0.25) is 0 Å². The molecule has 0 unspecified atom stereocenters. The van der Waals surface area contributed by atoms with Gasteiger partial charge in [-0.05, 0) is 30.2 Å². The van der Waals surface area contributed by atoms with Crippen LogP contribution >= 0.6 is 11.3 Å². The second kappa shape index (κ2) is 9.60. The Morgan fingerprint density at radius 1 is 1.12 bits per heavy atom. The van der Waals surface area contributed by atoms with Crippen LogP contribution in [-0.4, -0.2) is 41.5 Å². The van der Waals surface area contributed by atoms with Gasteiger partial charge >= 0.3 is 0 Å². The van der Waals surface area contributed by atoms with Crippen LogP contribution in [0.25, 0.3) is 0 Å². The first-order valence-electron chi connectivity index (χ1n) is 9.91. The molecule has 2 aromatic rings. The molecule has 1 fully saturated rings. The van der Waals surface area contributed by atoms with Gasteiger partial charge in [0.1, 0.15) is 17.2 Å². The summed E-state index contributed by atoms with van der Waals surface area (Å²) in [5.41, 5.74) is 11.1. The number of carbonyl (C=O) groups excluding carboxylic acids is 3. The van der Waals surface area contributed by atoms with Crippen molar-refractivity contribution in [2.24, 2.45) is 11.5 Å². The van der Waals surface area contributed by atoms with Gasteiger partial charge in [0.25, 0.3) is 0 Å². The van der Waals surface area contributed by atoms with Crippen molar-refractivity contribution in [2.75, 3.05) is 6.54 Å². The predicted molar refractivity (Wildman–Crippen MR) is 121 cm³/mol. The van der Waals surface area contributed by atoms with E-state index < -0.39 is 11.4 Å². The van der Waals surface area contributed by atoms with Gasteiger partial charge in [0.05, 0.1) is 18.0 Å². The molecule has 0 aliphatic carbocycles. The van der Waals surface area contributed by atoms with Gasteiger partial charge in [-0.3, -0.25) is 25.2 Å². The van der Waals surface area contributed by atoms with E-state index in [2.05, 4.69) is 16.0 Å². The lowest BCUT2D eigenvalue weighted by atomic mass is 9.87. The van der Waals surface area contributed by atoms with Crippen molar-refractivity contribution in [3.63, 3.8) is 0 Å². The number of thiophene rings is 1. The summed E-state index contributed by atoms with van der Waals surface area (Å²) in [6.07, 6.45) is 0.728. The highest BCUT2D eigenvalue weighted by Gasteiger charge is 2.44. The monoisotopic (exact) mass is 455 g/mol. The number of amidine groups is 2. The van der Waals surface area contributed by atoms with Crippen LogP contribution in [0.1, 0.15) is 33.7 Å². The summed E-state index contributed by atoms with van der Waals surface area (Å²) in [5.74, 6) is -1.17. The van der Waals surface area contributed by atoms with Gasteiger partial charge in [-0.1, -0.05) is 18.2 Å². The lowest BCUT2D eigenvalue weighted by Gasteiger charge is -2.28. The minimum Gasteiger partial charge on any atom is -0.384 e. The highest BCUT2D eigenvalue weighted by molar-refractivity contribution is 7.14. The maximum Gasteiger partial charge on any atom is 0.246 e. The summed E-state index contributed by atoms with van der Waals surface area (Å²) >= 11 is 1.31.